The normalized spacial score (nSPS) is 12.7. The van der Waals surface area contributed by atoms with Crippen LogP contribution in [-0.2, 0) is 14.3 Å². The zero-order valence-electron chi connectivity index (χ0n) is 55.5. The fraction of sp³-hybridized carbons (Fsp3) is 0.895. The van der Waals surface area contributed by atoms with Gasteiger partial charge < -0.3 is 20.3 Å². The van der Waals surface area contributed by atoms with Crippen LogP contribution in [0.2, 0.25) is 0 Å². The Hall–Kier alpha value is -1.92. The van der Waals surface area contributed by atoms with Gasteiger partial charge in [-0.15, -0.1) is 0 Å². The van der Waals surface area contributed by atoms with E-state index in [9.17, 15) is 19.8 Å². The van der Waals surface area contributed by atoms with Gasteiger partial charge in [0.15, 0.2) is 0 Å². The van der Waals surface area contributed by atoms with Crippen LogP contribution in [0.4, 0.5) is 0 Å². The van der Waals surface area contributed by atoms with E-state index in [2.05, 4.69) is 43.5 Å². The van der Waals surface area contributed by atoms with E-state index in [1.807, 2.05) is 6.08 Å². The summed E-state index contributed by atoms with van der Waals surface area (Å²) in [5.74, 6) is -0.0576. The van der Waals surface area contributed by atoms with Gasteiger partial charge in [-0.25, -0.2) is 0 Å². The number of aliphatic hydroxyl groups is 2. The summed E-state index contributed by atoms with van der Waals surface area (Å²) in [6.07, 6.45) is 92.3. The van der Waals surface area contributed by atoms with Crippen LogP contribution in [0.1, 0.15) is 412 Å². The number of esters is 1. The third kappa shape index (κ3) is 67.2. The lowest BCUT2D eigenvalue weighted by atomic mass is 10.0. The number of ether oxygens (including phenoxy) is 1. The molecule has 0 saturated carbocycles. The number of hydrogen-bond donors (Lipinski definition) is 3. The molecule has 0 aliphatic rings. The Morgan fingerprint density at radius 2 is 0.610 bits per heavy atom. The second kappa shape index (κ2) is 71.6. The Bertz CT molecular complexity index is 1330. The summed E-state index contributed by atoms with van der Waals surface area (Å²) >= 11 is 0. The molecule has 484 valence electrons. The topological polar surface area (TPSA) is 95.9 Å². The van der Waals surface area contributed by atoms with E-state index in [4.69, 9.17) is 4.74 Å². The number of nitrogens with one attached hydrogen (secondary N) is 1. The number of carbonyl (C=O) groups excluding carboxylic acids is 2. The van der Waals surface area contributed by atoms with E-state index < -0.39 is 12.1 Å². The Balaban J connectivity index is 3.45. The fourth-order valence-corrected chi connectivity index (χ4v) is 11.7. The largest absolute Gasteiger partial charge is 0.466 e. The number of rotatable bonds is 70. The summed E-state index contributed by atoms with van der Waals surface area (Å²) < 4.78 is 5.49. The molecule has 0 radical (unpaired) electrons. The smallest absolute Gasteiger partial charge is 0.305 e. The van der Waals surface area contributed by atoms with Gasteiger partial charge in [-0.05, 0) is 64.2 Å². The summed E-state index contributed by atoms with van der Waals surface area (Å²) in [4.78, 5) is 24.6. The third-order valence-electron chi connectivity index (χ3n) is 17.4. The van der Waals surface area contributed by atoms with Gasteiger partial charge in [0.2, 0.25) is 5.91 Å². The number of carbonyl (C=O) groups is 2. The summed E-state index contributed by atoms with van der Waals surface area (Å²) in [6.45, 7) is 4.94. The number of amides is 1. The molecule has 0 aliphatic heterocycles. The molecule has 0 rings (SSSR count). The van der Waals surface area contributed by atoms with Gasteiger partial charge in [0.05, 0.1) is 25.4 Å². The van der Waals surface area contributed by atoms with Crippen LogP contribution in [-0.4, -0.2) is 47.4 Å². The highest BCUT2D eigenvalue weighted by atomic mass is 16.5. The van der Waals surface area contributed by atoms with Crippen molar-refractivity contribution < 1.29 is 24.5 Å². The first-order valence-electron chi connectivity index (χ1n) is 37.3. The molecule has 0 aliphatic carbocycles. The van der Waals surface area contributed by atoms with E-state index in [-0.39, 0.29) is 18.5 Å². The first-order chi connectivity index (χ1) is 40.5. The zero-order chi connectivity index (χ0) is 59.2. The molecule has 2 atom stereocenters. The van der Waals surface area contributed by atoms with Crippen LogP contribution in [0, 0.1) is 0 Å². The minimum Gasteiger partial charge on any atom is -0.466 e. The highest BCUT2D eigenvalue weighted by molar-refractivity contribution is 5.76. The molecular formula is C76H145NO5. The molecule has 0 spiro atoms. The maximum atomic E-state index is 12.5. The van der Waals surface area contributed by atoms with Crippen LogP contribution in [0.15, 0.2) is 36.5 Å². The van der Waals surface area contributed by atoms with Gasteiger partial charge in [0.1, 0.15) is 0 Å². The quantitative estimate of drug-likeness (QED) is 0.0320. The van der Waals surface area contributed by atoms with Crippen molar-refractivity contribution in [3.8, 4) is 0 Å². The highest BCUT2D eigenvalue weighted by Gasteiger charge is 2.18. The van der Waals surface area contributed by atoms with Gasteiger partial charge in [-0.2, -0.15) is 0 Å². The van der Waals surface area contributed by atoms with Crippen LogP contribution in [0.25, 0.3) is 0 Å². The molecule has 2 unspecified atom stereocenters. The van der Waals surface area contributed by atoms with Crippen molar-refractivity contribution in [3.05, 3.63) is 36.5 Å². The fourth-order valence-electron chi connectivity index (χ4n) is 11.7. The molecule has 0 fully saturated rings. The number of unbranched alkanes of at least 4 members (excludes halogenated alkanes) is 55. The van der Waals surface area contributed by atoms with Crippen molar-refractivity contribution >= 4 is 11.9 Å². The molecule has 6 heteroatoms. The number of allylic oxidation sites excluding steroid dienone is 5. The number of aliphatic hydroxyl groups excluding tert-OH is 2. The predicted molar refractivity (Wildman–Crippen MR) is 361 cm³/mol. The predicted octanol–water partition coefficient (Wildman–Crippen LogP) is 24.3. The van der Waals surface area contributed by atoms with Gasteiger partial charge in [-0.3, -0.25) is 9.59 Å². The second-order valence-corrected chi connectivity index (χ2v) is 25.6. The van der Waals surface area contributed by atoms with Crippen molar-refractivity contribution in [2.24, 2.45) is 0 Å². The van der Waals surface area contributed by atoms with Crippen molar-refractivity contribution in [1.29, 1.82) is 0 Å². The molecule has 0 heterocycles. The molecule has 3 N–H and O–H groups in total. The zero-order valence-corrected chi connectivity index (χ0v) is 55.5. The molecule has 0 saturated heterocycles. The maximum absolute atomic E-state index is 12.5. The SMILES string of the molecule is CCCCCCCCCCCCCCCCCCCCCCCCC/C=C/C(O)C(CO)NC(=O)CCCCCCCCCCC/C=C\C/C=C\CCCCCCCCCCCOC(=O)CCCCCCCCCCCCCCCCC. The first kappa shape index (κ1) is 80.1. The maximum Gasteiger partial charge on any atom is 0.305 e. The van der Waals surface area contributed by atoms with Gasteiger partial charge >= 0.3 is 5.97 Å². The summed E-state index contributed by atoms with van der Waals surface area (Å²) in [5.41, 5.74) is 0. The van der Waals surface area contributed by atoms with Crippen molar-refractivity contribution in [3.63, 3.8) is 0 Å². The standard InChI is InChI=1S/C76H145NO5/c1-3-5-7-9-11-13-15-17-19-20-21-22-23-25-28-31-34-37-41-44-48-52-56-60-64-68-74(79)73(72-78)77-75(80)69-65-61-57-53-49-45-42-38-35-32-29-26-24-27-30-33-36-39-43-47-51-55-59-63-67-71-82-76(81)70-66-62-58-54-50-46-40-18-16-14-12-10-8-6-4-2/h26-27,29-30,64,68,73-74,78-79H,3-25,28,31-63,65-67,69-72H2,1-2H3,(H,77,80)/b29-26-,30-27-,68-64+. The average Bonchev–Trinajstić information content (AvgIpc) is 3.48. The lowest BCUT2D eigenvalue weighted by Crippen LogP contribution is -2.45. The molecular weight excluding hydrogens is 1010 g/mol. The third-order valence-corrected chi connectivity index (χ3v) is 17.4. The molecule has 0 aromatic rings. The van der Waals surface area contributed by atoms with E-state index in [1.165, 1.54) is 340 Å². The minimum atomic E-state index is -0.851. The number of hydrogen-bond acceptors (Lipinski definition) is 5. The second-order valence-electron chi connectivity index (χ2n) is 25.6. The molecule has 0 bridgehead atoms. The van der Waals surface area contributed by atoms with E-state index in [0.29, 0.717) is 19.4 Å². The van der Waals surface area contributed by atoms with Crippen molar-refractivity contribution in [2.75, 3.05) is 13.2 Å². The minimum absolute atomic E-state index is 0.0122. The Morgan fingerprint density at radius 1 is 0.341 bits per heavy atom. The molecule has 1 amide bonds. The Labute approximate surface area is 513 Å². The summed E-state index contributed by atoms with van der Waals surface area (Å²) in [6, 6.07) is -0.635. The van der Waals surface area contributed by atoms with Gasteiger partial charge in [-0.1, -0.05) is 371 Å². The molecule has 0 aromatic carbocycles. The highest BCUT2D eigenvalue weighted by Crippen LogP contribution is 2.19. The van der Waals surface area contributed by atoms with E-state index in [1.54, 1.807) is 6.08 Å². The molecule has 0 aromatic heterocycles. The van der Waals surface area contributed by atoms with Crippen LogP contribution in [0.3, 0.4) is 0 Å². The Morgan fingerprint density at radius 3 is 0.927 bits per heavy atom. The summed E-state index contributed by atoms with van der Waals surface area (Å²) in [7, 11) is 0. The van der Waals surface area contributed by atoms with Gasteiger partial charge in [0.25, 0.3) is 0 Å². The van der Waals surface area contributed by atoms with Crippen LogP contribution in [0.5, 0.6) is 0 Å². The van der Waals surface area contributed by atoms with Crippen molar-refractivity contribution in [2.45, 2.75) is 424 Å². The molecule has 6 nitrogen and oxygen atoms in total. The van der Waals surface area contributed by atoms with E-state index >= 15 is 0 Å². The van der Waals surface area contributed by atoms with Gasteiger partial charge in [0, 0.05) is 12.8 Å². The van der Waals surface area contributed by atoms with Crippen LogP contribution < -0.4 is 5.32 Å². The first-order valence-corrected chi connectivity index (χ1v) is 37.3. The lowest BCUT2D eigenvalue weighted by molar-refractivity contribution is -0.143. The lowest BCUT2D eigenvalue weighted by Gasteiger charge is -2.20. The van der Waals surface area contributed by atoms with E-state index in [0.717, 1.165) is 44.9 Å². The average molecular weight is 1150 g/mol. The van der Waals surface area contributed by atoms with Crippen molar-refractivity contribution in [1.82, 2.24) is 5.32 Å². The van der Waals surface area contributed by atoms with Crippen LogP contribution >= 0.6 is 0 Å². The monoisotopic (exact) mass is 1150 g/mol. The Kier molecular flexibility index (Phi) is 69.9. The summed E-state index contributed by atoms with van der Waals surface area (Å²) in [5, 5.41) is 23.3. The molecule has 82 heavy (non-hydrogen) atoms.